The summed E-state index contributed by atoms with van der Waals surface area (Å²) in [6.07, 6.45) is -0.675. The second-order valence-corrected chi connectivity index (χ2v) is 4.40. The van der Waals surface area contributed by atoms with Crippen LogP contribution in [-0.2, 0) is 4.79 Å². The molecule has 0 aromatic heterocycles. The molecule has 1 atom stereocenters. The number of imide groups is 1. The zero-order valence-corrected chi connectivity index (χ0v) is 10.4. The van der Waals surface area contributed by atoms with Gasteiger partial charge in [0.05, 0.1) is 17.2 Å². The van der Waals surface area contributed by atoms with E-state index in [2.05, 4.69) is 5.32 Å². The second kappa shape index (κ2) is 5.19. The van der Waals surface area contributed by atoms with Gasteiger partial charge in [0.1, 0.15) is 6.54 Å². The van der Waals surface area contributed by atoms with E-state index < -0.39 is 23.8 Å². The molecule has 2 N–H and O–H groups in total. The summed E-state index contributed by atoms with van der Waals surface area (Å²) >= 11 is 0. The van der Waals surface area contributed by atoms with Gasteiger partial charge >= 0.3 is 0 Å². The number of nitrogens with one attached hydrogen (secondary N) is 1. The fraction of sp³-hybridized carbons (Fsp3) is 0.308. The highest BCUT2D eigenvalue weighted by atomic mass is 16.3. The standard InChI is InChI=1S/C13H14N2O4/c1-8(16)6-14-11(17)7-15-12(18)9-4-2-3-5-10(9)13(15)19/h2-5,8,16H,6-7H2,1H3,(H,14,17). The normalized spacial score (nSPS) is 15.4. The molecule has 0 saturated heterocycles. The molecule has 0 saturated carbocycles. The van der Waals surface area contributed by atoms with Crippen molar-refractivity contribution in [1.82, 2.24) is 10.2 Å². The van der Waals surface area contributed by atoms with Crippen LogP contribution in [0.4, 0.5) is 0 Å². The molecule has 2 rings (SSSR count). The lowest BCUT2D eigenvalue weighted by Crippen LogP contribution is -2.42. The molecule has 1 unspecified atom stereocenters. The fourth-order valence-corrected chi connectivity index (χ4v) is 1.84. The van der Waals surface area contributed by atoms with E-state index in [1.165, 1.54) is 6.92 Å². The highest BCUT2D eigenvalue weighted by molar-refractivity contribution is 6.22. The van der Waals surface area contributed by atoms with Crippen LogP contribution in [0.25, 0.3) is 0 Å². The van der Waals surface area contributed by atoms with Gasteiger partial charge in [-0.3, -0.25) is 19.3 Å². The van der Waals surface area contributed by atoms with Crippen molar-refractivity contribution in [3.63, 3.8) is 0 Å². The number of fused-ring (bicyclic) bond motifs is 1. The van der Waals surface area contributed by atoms with Crippen LogP contribution in [0.3, 0.4) is 0 Å². The molecule has 1 aromatic carbocycles. The number of aliphatic hydroxyl groups is 1. The van der Waals surface area contributed by atoms with E-state index in [0.29, 0.717) is 11.1 Å². The summed E-state index contributed by atoms with van der Waals surface area (Å²) in [4.78, 5) is 36.4. The topological polar surface area (TPSA) is 86.7 Å². The summed E-state index contributed by atoms with van der Waals surface area (Å²) in [5.74, 6) is -1.41. The van der Waals surface area contributed by atoms with Gasteiger partial charge in [-0.1, -0.05) is 12.1 Å². The molecule has 0 spiro atoms. The first kappa shape index (κ1) is 13.2. The zero-order chi connectivity index (χ0) is 14.0. The van der Waals surface area contributed by atoms with Crippen molar-refractivity contribution in [3.05, 3.63) is 35.4 Å². The number of carbonyl (C=O) groups is 3. The molecular weight excluding hydrogens is 248 g/mol. The first-order chi connectivity index (χ1) is 9.00. The fourth-order valence-electron chi connectivity index (χ4n) is 1.84. The summed E-state index contributed by atoms with van der Waals surface area (Å²) in [5.41, 5.74) is 0.631. The summed E-state index contributed by atoms with van der Waals surface area (Å²) < 4.78 is 0. The first-order valence-corrected chi connectivity index (χ1v) is 5.90. The monoisotopic (exact) mass is 262 g/mol. The Hall–Kier alpha value is -2.21. The largest absolute Gasteiger partial charge is 0.392 e. The first-order valence-electron chi connectivity index (χ1n) is 5.90. The van der Waals surface area contributed by atoms with Gasteiger partial charge in [0, 0.05) is 6.54 Å². The van der Waals surface area contributed by atoms with E-state index in [0.717, 1.165) is 4.90 Å². The van der Waals surface area contributed by atoms with Crippen LogP contribution in [0.1, 0.15) is 27.6 Å². The number of amides is 3. The van der Waals surface area contributed by atoms with E-state index in [9.17, 15) is 14.4 Å². The number of hydrogen-bond acceptors (Lipinski definition) is 4. The van der Waals surface area contributed by atoms with Crippen LogP contribution in [0.5, 0.6) is 0 Å². The maximum atomic E-state index is 12.0. The van der Waals surface area contributed by atoms with Gasteiger partial charge in [0.2, 0.25) is 5.91 Å². The molecule has 1 heterocycles. The molecule has 6 nitrogen and oxygen atoms in total. The van der Waals surface area contributed by atoms with Gasteiger partial charge in [0.15, 0.2) is 0 Å². The van der Waals surface area contributed by atoms with E-state index in [1.807, 2.05) is 0 Å². The van der Waals surface area contributed by atoms with Crippen molar-refractivity contribution >= 4 is 17.7 Å². The minimum absolute atomic E-state index is 0.0853. The predicted molar refractivity (Wildman–Crippen MR) is 66.5 cm³/mol. The predicted octanol–water partition coefficient (Wildman–Crippen LogP) is -0.220. The Bertz CT molecular complexity index is 504. The minimum Gasteiger partial charge on any atom is -0.392 e. The molecule has 1 aliphatic heterocycles. The average Bonchev–Trinajstić information content (AvgIpc) is 2.62. The van der Waals surface area contributed by atoms with E-state index >= 15 is 0 Å². The number of aliphatic hydroxyl groups excluding tert-OH is 1. The third-order valence-electron chi connectivity index (χ3n) is 2.77. The smallest absolute Gasteiger partial charge is 0.262 e. The maximum absolute atomic E-state index is 12.0. The Kier molecular flexibility index (Phi) is 3.62. The Balaban J connectivity index is 2.06. The molecule has 0 bridgehead atoms. The molecule has 6 heteroatoms. The third kappa shape index (κ3) is 2.63. The summed E-state index contributed by atoms with van der Waals surface area (Å²) in [6.45, 7) is 1.28. The van der Waals surface area contributed by atoms with Crippen LogP contribution < -0.4 is 5.32 Å². The zero-order valence-electron chi connectivity index (χ0n) is 10.4. The number of hydrogen-bond donors (Lipinski definition) is 2. The van der Waals surface area contributed by atoms with Gasteiger partial charge in [-0.2, -0.15) is 0 Å². The molecule has 19 heavy (non-hydrogen) atoms. The minimum atomic E-state index is -0.675. The lowest BCUT2D eigenvalue weighted by atomic mass is 10.1. The van der Waals surface area contributed by atoms with Crippen molar-refractivity contribution in [2.75, 3.05) is 13.1 Å². The number of carbonyl (C=O) groups excluding carboxylic acids is 3. The molecule has 0 fully saturated rings. The van der Waals surface area contributed by atoms with Crippen LogP contribution in [0.15, 0.2) is 24.3 Å². The SMILES string of the molecule is CC(O)CNC(=O)CN1C(=O)c2ccccc2C1=O. The van der Waals surface area contributed by atoms with Crippen LogP contribution in [0.2, 0.25) is 0 Å². The van der Waals surface area contributed by atoms with Crippen LogP contribution in [-0.4, -0.2) is 46.9 Å². The van der Waals surface area contributed by atoms with E-state index in [4.69, 9.17) is 5.11 Å². The Morgan fingerprint density at radius 1 is 1.26 bits per heavy atom. The van der Waals surface area contributed by atoms with Gasteiger partial charge in [-0.25, -0.2) is 0 Å². The summed E-state index contributed by atoms with van der Waals surface area (Å²) in [7, 11) is 0. The molecule has 100 valence electrons. The molecule has 0 radical (unpaired) electrons. The van der Waals surface area contributed by atoms with E-state index in [-0.39, 0.29) is 13.1 Å². The Morgan fingerprint density at radius 3 is 2.26 bits per heavy atom. The summed E-state index contributed by atoms with van der Waals surface area (Å²) in [5, 5.41) is 11.5. The van der Waals surface area contributed by atoms with Gasteiger partial charge in [-0.15, -0.1) is 0 Å². The van der Waals surface area contributed by atoms with Crippen molar-refractivity contribution in [2.24, 2.45) is 0 Å². The highest BCUT2D eigenvalue weighted by Gasteiger charge is 2.36. The van der Waals surface area contributed by atoms with Crippen LogP contribution in [0, 0.1) is 0 Å². The van der Waals surface area contributed by atoms with Crippen molar-refractivity contribution in [3.8, 4) is 0 Å². The Labute approximate surface area is 110 Å². The maximum Gasteiger partial charge on any atom is 0.262 e. The van der Waals surface area contributed by atoms with Crippen molar-refractivity contribution in [1.29, 1.82) is 0 Å². The number of rotatable bonds is 4. The molecule has 1 aromatic rings. The van der Waals surface area contributed by atoms with Gasteiger partial charge in [-0.05, 0) is 19.1 Å². The summed E-state index contributed by atoms with van der Waals surface area (Å²) in [6, 6.07) is 6.45. The lowest BCUT2D eigenvalue weighted by Gasteiger charge is -2.14. The quantitative estimate of drug-likeness (QED) is 0.734. The third-order valence-corrected chi connectivity index (χ3v) is 2.77. The van der Waals surface area contributed by atoms with Gasteiger partial charge in [0.25, 0.3) is 11.8 Å². The molecule has 0 aliphatic carbocycles. The average molecular weight is 262 g/mol. The highest BCUT2D eigenvalue weighted by Crippen LogP contribution is 2.21. The molecule has 1 aliphatic rings. The molecule has 3 amide bonds. The van der Waals surface area contributed by atoms with Crippen molar-refractivity contribution < 1.29 is 19.5 Å². The molecular formula is C13H14N2O4. The van der Waals surface area contributed by atoms with Crippen LogP contribution >= 0.6 is 0 Å². The Morgan fingerprint density at radius 2 is 1.79 bits per heavy atom. The lowest BCUT2D eigenvalue weighted by molar-refractivity contribution is -0.121. The second-order valence-electron chi connectivity index (χ2n) is 4.40. The van der Waals surface area contributed by atoms with Gasteiger partial charge < -0.3 is 10.4 Å². The van der Waals surface area contributed by atoms with E-state index in [1.54, 1.807) is 24.3 Å². The number of nitrogens with zero attached hydrogens (tertiary/aromatic N) is 1. The van der Waals surface area contributed by atoms with Crippen molar-refractivity contribution in [2.45, 2.75) is 13.0 Å². The number of benzene rings is 1.